The van der Waals surface area contributed by atoms with Crippen molar-refractivity contribution in [1.29, 1.82) is 0 Å². The van der Waals surface area contributed by atoms with E-state index in [1.54, 1.807) is 0 Å². The minimum atomic E-state index is 0.00430. The number of aliphatic hydroxyl groups is 1. The standard InChI is InChI=1S/C15H23NO/c1-15(2,8-9-17)16-11-12-4-3-5-14(10-12)13-6-7-13/h3-5,10,13,16-17H,6-9,11H2,1-2H3. The summed E-state index contributed by atoms with van der Waals surface area (Å²) in [5.41, 5.74) is 2.84. The van der Waals surface area contributed by atoms with Crippen LogP contribution in [0.2, 0.25) is 0 Å². The van der Waals surface area contributed by atoms with Gasteiger partial charge in [0.1, 0.15) is 0 Å². The molecule has 1 fully saturated rings. The molecule has 17 heavy (non-hydrogen) atoms. The number of hydrogen-bond acceptors (Lipinski definition) is 2. The van der Waals surface area contributed by atoms with Gasteiger partial charge in [-0.05, 0) is 50.2 Å². The van der Waals surface area contributed by atoms with Crippen molar-refractivity contribution in [2.75, 3.05) is 6.61 Å². The smallest absolute Gasteiger partial charge is 0.0448 e. The van der Waals surface area contributed by atoms with Crippen molar-refractivity contribution in [3.63, 3.8) is 0 Å². The van der Waals surface area contributed by atoms with Crippen LogP contribution < -0.4 is 5.32 Å². The highest BCUT2D eigenvalue weighted by molar-refractivity contribution is 5.29. The topological polar surface area (TPSA) is 32.3 Å². The third-order valence-electron chi connectivity index (χ3n) is 3.51. The number of hydrogen-bond donors (Lipinski definition) is 2. The summed E-state index contributed by atoms with van der Waals surface area (Å²) in [5, 5.41) is 12.5. The lowest BCUT2D eigenvalue weighted by Crippen LogP contribution is -2.39. The second-order valence-corrected chi connectivity index (χ2v) is 5.73. The van der Waals surface area contributed by atoms with E-state index in [1.165, 1.54) is 24.0 Å². The maximum atomic E-state index is 8.98. The molecule has 0 spiro atoms. The predicted molar refractivity (Wildman–Crippen MR) is 71.0 cm³/mol. The van der Waals surface area contributed by atoms with Crippen LogP contribution in [0.1, 0.15) is 50.2 Å². The monoisotopic (exact) mass is 233 g/mol. The van der Waals surface area contributed by atoms with Gasteiger partial charge in [-0.2, -0.15) is 0 Å². The normalized spacial score (nSPS) is 16.2. The van der Waals surface area contributed by atoms with Gasteiger partial charge in [-0.15, -0.1) is 0 Å². The first-order chi connectivity index (χ1) is 8.11. The maximum absolute atomic E-state index is 8.98. The minimum Gasteiger partial charge on any atom is -0.396 e. The Bertz CT molecular complexity index is 369. The van der Waals surface area contributed by atoms with E-state index in [4.69, 9.17) is 5.11 Å². The molecule has 0 aliphatic heterocycles. The first kappa shape index (κ1) is 12.6. The van der Waals surface area contributed by atoms with Crippen LogP contribution in [0.4, 0.5) is 0 Å². The molecule has 1 aromatic rings. The molecule has 1 aromatic carbocycles. The molecule has 0 amide bonds. The second-order valence-electron chi connectivity index (χ2n) is 5.73. The van der Waals surface area contributed by atoms with Gasteiger partial charge in [-0.25, -0.2) is 0 Å². The molecule has 0 aromatic heterocycles. The van der Waals surface area contributed by atoms with Crippen molar-refractivity contribution in [2.24, 2.45) is 0 Å². The van der Waals surface area contributed by atoms with Crippen LogP contribution >= 0.6 is 0 Å². The van der Waals surface area contributed by atoms with Crippen molar-refractivity contribution in [1.82, 2.24) is 5.32 Å². The van der Waals surface area contributed by atoms with Crippen molar-refractivity contribution in [3.8, 4) is 0 Å². The van der Waals surface area contributed by atoms with Crippen molar-refractivity contribution in [2.45, 2.75) is 51.1 Å². The fourth-order valence-corrected chi connectivity index (χ4v) is 2.08. The third kappa shape index (κ3) is 3.83. The Balaban J connectivity index is 1.92. The fraction of sp³-hybridized carbons (Fsp3) is 0.600. The molecule has 0 heterocycles. The summed E-state index contributed by atoms with van der Waals surface area (Å²) >= 11 is 0. The number of rotatable bonds is 6. The lowest BCUT2D eigenvalue weighted by Gasteiger charge is -2.25. The molecule has 2 N–H and O–H groups in total. The Labute approximate surface area is 104 Å². The quantitative estimate of drug-likeness (QED) is 0.792. The van der Waals surface area contributed by atoms with Gasteiger partial charge in [0, 0.05) is 18.7 Å². The van der Waals surface area contributed by atoms with Crippen LogP contribution in [0.25, 0.3) is 0 Å². The summed E-state index contributed by atoms with van der Waals surface area (Å²) in [6, 6.07) is 8.89. The highest BCUT2D eigenvalue weighted by Crippen LogP contribution is 2.40. The molecule has 94 valence electrons. The molecule has 1 saturated carbocycles. The average molecular weight is 233 g/mol. The molecule has 2 rings (SSSR count). The SMILES string of the molecule is CC(C)(CCO)NCc1cccc(C2CC2)c1. The van der Waals surface area contributed by atoms with E-state index in [1.807, 2.05) is 0 Å². The molecule has 0 unspecified atom stereocenters. The fourth-order valence-electron chi connectivity index (χ4n) is 2.08. The van der Waals surface area contributed by atoms with E-state index < -0.39 is 0 Å². The molecule has 1 aliphatic rings. The van der Waals surface area contributed by atoms with Gasteiger partial charge >= 0.3 is 0 Å². The van der Waals surface area contributed by atoms with Gasteiger partial charge in [0.15, 0.2) is 0 Å². The van der Waals surface area contributed by atoms with Crippen molar-refractivity contribution in [3.05, 3.63) is 35.4 Å². The van der Waals surface area contributed by atoms with Gasteiger partial charge < -0.3 is 10.4 Å². The highest BCUT2D eigenvalue weighted by atomic mass is 16.3. The molecule has 0 atom stereocenters. The van der Waals surface area contributed by atoms with Gasteiger partial charge in [-0.1, -0.05) is 24.3 Å². The zero-order valence-electron chi connectivity index (χ0n) is 10.9. The number of nitrogens with one attached hydrogen (secondary N) is 1. The zero-order valence-corrected chi connectivity index (χ0v) is 10.9. The first-order valence-electron chi connectivity index (χ1n) is 6.55. The van der Waals surface area contributed by atoms with Gasteiger partial charge in [0.05, 0.1) is 0 Å². The van der Waals surface area contributed by atoms with Gasteiger partial charge in [0.25, 0.3) is 0 Å². The van der Waals surface area contributed by atoms with Gasteiger partial charge in [-0.3, -0.25) is 0 Å². The summed E-state index contributed by atoms with van der Waals surface area (Å²) in [6.07, 6.45) is 3.50. The lowest BCUT2D eigenvalue weighted by atomic mass is 10.0. The van der Waals surface area contributed by atoms with E-state index >= 15 is 0 Å². The molecule has 0 bridgehead atoms. The summed E-state index contributed by atoms with van der Waals surface area (Å²) in [5.74, 6) is 0.820. The van der Waals surface area contributed by atoms with Crippen LogP contribution in [0.5, 0.6) is 0 Å². The van der Waals surface area contributed by atoms with E-state index in [0.29, 0.717) is 0 Å². The second kappa shape index (κ2) is 5.19. The Kier molecular flexibility index (Phi) is 3.85. The highest BCUT2D eigenvalue weighted by Gasteiger charge is 2.23. The molecule has 2 heteroatoms. The van der Waals surface area contributed by atoms with Crippen molar-refractivity contribution < 1.29 is 5.11 Å². The zero-order chi connectivity index (χ0) is 12.3. The Morgan fingerprint density at radius 3 is 2.76 bits per heavy atom. The van der Waals surface area contributed by atoms with E-state index in [9.17, 15) is 0 Å². The van der Waals surface area contributed by atoms with E-state index in [2.05, 4.69) is 43.4 Å². The Morgan fingerprint density at radius 2 is 2.12 bits per heavy atom. The maximum Gasteiger partial charge on any atom is 0.0448 e. The first-order valence-corrected chi connectivity index (χ1v) is 6.55. The molecule has 0 saturated heterocycles. The molecule has 1 aliphatic carbocycles. The minimum absolute atomic E-state index is 0.00430. The van der Waals surface area contributed by atoms with E-state index in [0.717, 1.165) is 18.9 Å². The third-order valence-corrected chi connectivity index (χ3v) is 3.51. The Hall–Kier alpha value is -0.860. The molecule has 0 radical (unpaired) electrons. The average Bonchev–Trinajstić information content (AvgIpc) is 3.11. The van der Waals surface area contributed by atoms with Crippen LogP contribution in [-0.2, 0) is 6.54 Å². The molecule has 2 nitrogen and oxygen atoms in total. The summed E-state index contributed by atoms with van der Waals surface area (Å²) in [7, 11) is 0. The largest absolute Gasteiger partial charge is 0.396 e. The predicted octanol–water partition coefficient (Wildman–Crippen LogP) is 2.81. The van der Waals surface area contributed by atoms with Crippen LogP contribution in [0.15, 0.2) is 24.3 Å². The molecular weight excluding hydrogens is 210 g/mol. The van der Waals surface area contributed by atoms with Crippen LogP contribution in [0.3, 0.4) is 0 Å². The van der Waals surface area contributed by atoms with E-state index in [-0.39, 0.29) is 12.1 Å². The summed E-state index contributed by atoms with van der Waals surface area (Å²) < 4.78 is 0. The van der Waals surface area contributed by atoms with Gasteiger partial charge in [0.2, 0.25) is 0 Å². The Morgan fingerprint density at radius 1 is 1.35 bits per heavy atom. The van der Waals surface area contributed by atoms with Crippen LogP contribution in [0, 0.1) is 0 Å². The molecular formula is C15H23NO. The number of benzene rings is 1. The van der Waals surface area contributed by atoms with Crippen LogP contribution in [-0.4, -0.2) is 17.3 Å². The number of aliphatic hydroxyl groups excluding tert-OH is 1. The lowest BCUT2D eigenvalue weighted by molar-refractivity contribution is 0.230. The summed E-state index contributed by atoms with van der Waals surface area (Å²) in [6.45, 7) is 5.39. The summed E-state index contributed by atoms with van der Waals surface area (Å²) in [4.78, 5) is 0. The van der Waals surface area contributed by atoms with Crippen molar-refractivity contribution >= 4 is 0 Å².